The summed E-state index contributed by atoms with van der Waals surface area (Å²) >= 11 is 0. The second-order valence-corrected chi connectivity index (χ2v) is 5.49. The van der Waals surface area contributed by atoms with Crippen LogP contribution >= 0.6 is 0 Å². The molecule has 0 aromatic heterocycles. The average molecular weight is 224 g/mol. The van der Waals surface area contributed by atoms with Gasteiger partial charge >= 0.3 is 0 Å². The second-order valence-electron chi connectivity index (χ2n) is 5.49. The van der Waals surface area contributed by atoms with E-state index in [0.717, 1.165) is 32.5 Å². The van der Waals surface area contributed by atoms with Crippen LogP contribution in [0.25, 0.3) is 0 Å². The first kappa shape index (κ1) is 11.9. The summed E-state index contributed by atoms with van der Waals surface area (Å²) in [6.07, 6.45) is 7.16. The summed E-state index contributed by atoms with van der Waals surface area (Å²) in [5.74, 6) is 0.558. The van der Waals surface area contributed by atoms with Crippen LogP contribution in [0.5, 0.6) is 0 Å². The third-order valence-electron chi connectivity index (χ3n) is 4.08. The van der Waals surface area contributed by atoms with Gasteiger partial charge in [0.15, 0.2) is 0 Å². The molecule has 3 heteroatoms. The Morgan fingerprint density at radius 2 is 2.06 bits per heavy atom. The molecular formula is C13H24N2O. The van der Waals surface area contributed by atoms with E-state index in [2.05, 4.69) is 17.6 Å². The zero-order valence-electron chi connectivity index (χ0n) is 10.3. The fourth-order valence-electron chi connectivity index (χ4n) is 2.73. The fourth-order valence-corrected chi connectivity index (χ4v) is 2.73. The minimum atomic E-state index is 0.263. The molecule has 0 aromatic rings. The quantitative estimate of drug-likeness (QED) is 0.746. The molecule has 0 bridgehead atoms. The average Bonchev–Trinajstić information content (AvgIpc) is 3.08. The lowest BCUT2D eigenvalue weighted by molar-refractivity contribution is -0.126. The van der Waals surface area contributed by atoms with Crippen LogP contribution in [0, 0.1) is 11.3 Å². The normalized spacial score (nSPS) is 24.1. The molecule has 1 amide bonds. The number of hydrogen-bond acceptors (Lipinski definition) is 2. The maximum atomic E-state index is 11.9. The van der Waals surface area contributed by atoms with E-state index < -0.39 is 0 Å². The van der Waals surface area contributed by atoms with E-state index >= 15 is 0 Å². The van der Waals surface area contributed by atoms with Crippen molar-refractivity contribution >= 4 is 5.91 Å². The minimum absolute atomic E-state index is 0.263. The Bertz CT molecular complexity index is 242. The largest absolute Gasteiger partial charge is 0.355 e. The summed E-state index contributed by atoms with van der Waals surface area (Å²) in [5.41, 5.74) is 0.483. The Morgan fingerprint density at radius 1 is 1.38 bits per heavy atom. The van der Waals surface area contributed by atoms with Gasteiger partial charge in [-0.15, -0.1) is 0 Å². The zero-order valence-corrected chi connectivity index (χ0v) is 10.3. The molecule has 0 spiro atoms. The third kappa shape index (κ3) is 2.97. The molecular weight excluding hydrogens is 200 g/mol. The molecule has 1 saturated heterocycles. The number of rotatable bonds is 5. The summed E-state index contributed by atoms with van der Waals surface area (Å²) in [6.45, 7) is 5.15. The van der Waals surface area contributed by atoms with Crippen LogP contribution in [0.4, 0.5) is 0 Å². The lowest BCUT2D eigenvalue weighted by atomic mass is 9.96. The highest BCUT2D eigenvalue weighted by Gasteiger charge is 2.41. The summed E-state index contributed by atoms with van der Waals surface area (Å²) in [5, 5.41) is 6.47. The molecule has 2 N–H and O–H groups in total. The number of carbonyl (C=O) groups excluding carboxylic acids is 1. The van der Waals surface area contributed by atoms with Crippen LogP contribution in [-0.4, -0.2) is 25.5 Å². The van der Waals surface area contributed by atoms with E-state index in [1.807, 2.05) is 0 Å². The Labute approximate surface area is 98.4 Å². The van der Waals surface area contributed by atoms with Crippen LogP contribution < -0.4 is 10.6 Å². The highest BCUT2D eigenvalue weighted by atomic mass is 16.1. The molecule has 16 heavy (non-hydrogen) atoms. The number of piperidine rings is 1. The number of amides is 1. The molecule has 1 heterocycles. The predicted octanol–water partition coefficient (Wildman–Crippen LogP) is 1.68. The molecule has 92 valence electrons. The summed E-state index contributed by atoms with van der Waals surface area (Å²) in [7, 11) is 0. The molecule has 0 unspecified atom stereocenters. The lowest BCUT2D eigenvalue weighted by Crippen LogP contribution is -2.40. The molecule has 1 aliphatic heterocycles. The minimum Gasteiger partial charge on any atom is -0.355 e. The van der Waals surface area contributed by atoms with E-state index in [0.29, 0.717) is 11.3 Å². The fraction of sp³-hybridized carbons (Fsp3) is 0.923. The van der Waals surface area contributed by atoms with Gasteiger partial charge in [0.2, 0.25) is 5.91 Å². The summed E-state index contributed by atoms with van der Waals surface area (Å²) in [6, 6.07) is 0. The first-order chi connectivity index (χ1) is 7.76. The van der Waals surface area contributed by atoms with Gasteiger partial charge in [-0.25, -0.2) is 0 Å². The van der Waals surface area contributed by atoms with Crippen LogP contribution in [0.15, 0.2) is 0 Å². The van der Waals surface area contributed by atoms with Gasteiger partial charge in [0.1, 0.15) is 0 Å². The first-order valence-electron chi connectivity index (χ1n) is 6.74. The van der Waals surface area contributed by atoms with Gasteiger partial charge in [-0.3, -0.25) is 4.79 Å². The van der Waals surface area contributed by atoms with E-state index in [9.17, 15) is 4.79 Å². The van der Waals surface area contributed by atoms with Crippen molar-refractivity contribution in [3.8, 4) is 0 Å². The summed E-state index contributed by atoms with van der Waals surface area (Å²) in [4.78, 5) is 11.9. The molecule has 0 aromatic carbocycles. The molecule has 1 saturated carbocycles. The maximum Gasteiger partial charge on any atom is 0.223 e. The van der Waals surface area contributed by atoms with Gasteiger partial charge < -0.3 is 10.6 Å². The van der Waals surface area contributed by atoms with Gasteiger partial charge in [-0.2, -0.15) is 0 Å². The number of nitrogens with one attached hydrogen (secondary N) is 2. The van der Waals surface area contributed by atoms with Crippen molar-refractivity contribution in [2.24, 2.45) is 11.3 Å². The summed E-state index contributed by atoms with van der Waals surface area (Å²) < 4.78 is 0. The van der Waals surface area contributed by atoms with Crippen molar-refractivity contribution in [2.45, 2.75) is 45.4 Å². The van der Waals surface area contributed by atoms with Crippen molar-refractivity contribution in [3.05, 3.63) is 0 Å². The highest BCUT2D eigenvalue weighted by molar-refractivity contribution is 5.78. The van der Waals surface area contributed by atoms with Crippen molar-refractivity contribution in [3.63, 3.8) is 0 Å². The number of hydrogen-bond donors (Lipinski definition) is 2. The van der Waals surface area contributed by atoms with Gasteiger partial charge in [-0.05, 0) is 50.6 Å². The van der Waals surface area contributed by atoms with Crippen molar-refractivity contribution in [1.82, 2.24) is 10.6 Å². The van der Waals surface area contributed by atoms with Gasteiger partial charge in [0, 0.05) is 12.5 Å². The topological polar surface area (TPSA) is 41.1 Å². The molecule has 0 atom stereocenters. The molecule has 2 rings (SSSR count). The Kier molecular flexibility index (Phi) is 3.85. The highest BCUT2D eigenvalue weighted by Crippen LogP contribution is 2.48. The molecule has 2 fully saturated rings. The zero-order chi connectivity index (χ0) is 11.4. The van der Waals surface area contributed by atoms with Crippen molar-refractivity contribution < 1.29 is 4.79 Å². The smallest absolute Gasteiger partial charge is 0.223 e. The van der Waals surface area contributed by atoms with Crippen LogP contribution in [0.3, 0.4) is 0 Å². The van der Waals surface area contributed by atoms with Crippen LogP contribution in [0.1, 0.15) is 45.4 Å². The second kappa shape index (κ2) is 5.17. The number of carbonyl (C=O) groups is 1. The van der Waals surface area contributed by atoms with Gasteiger partial charge in [0.05, 0.1) is 0 Å². The Hall–Kier alpha value is -0.570. The monoisotopic (exact) mass is 224 g/mol. The van der Waals surface area contributed by atoms with E-state index in [1.54, 1.807) is 0 Å². The molecule has 2 aliphatic rings. The first-order valence-corrected chi connectivity index (χ1v) is 6.74. The Balaban J connectivity index is 1.70. The molecule has 3 nitrogen and oxygen atoms in total. The van der Waals surface area contributed by atoms with Crippen molar-refractivity contribution in [2.75, 3.05) is 19.6 Å². The molecule has 1 aliphatic carbocycles. The van der Waals surface area contributed by atoms with E-state index in [1.165, 1.54) is 25.7 Å². The third-order valence-corrected chi connectivity index (χ3v) is 4.08. The standard InChI is InChI=1S/C13H24N2O/c1-2-5-13(6-7-13)10-15-12(16)11-3-8-14-9-4-11/h11,14H,2-10H2,1H3,(H,15,16). The molecule has 0 radical (unpaired) electrons. The van der Waals surface area contributed by atoms with Gasteiger partial charge in [-0.1, -0.05) is 13.3 Å². The van der Waals surface area contributed by atoms with Gasteiger partial charge in [0.25, 0.3) is 0 Å². The van der Waals surface area contributed by atoms with E-state index in [-0.39, 0.29) is 5.92 Å². The SMILES string of the molecule is CCCC1(CNC(=O)C2CCNCC2)CC1. The lowest BCUT2D eigenvalue weighted by Gasteiger charge is -2.23. The predicted molar refractivity (Wildman–Crippen MR) is 65.2 cm³/mol. The van der Waals surface area contributed by atoms with Crippen LogP contribution in [-0.2, 0) is 4.79 Å². The van der Waals surface area contributed by atoms with Crippen LogP contribution in [0.2, 0.25) is 0 Å². The van der Waals surface area contributed by atoms with E-state index in [4.69, 9.17) is 0 Å². The maximum absolute atomic E-state index is 11.9. The van der Waals surface area contributed by atoms with Crippen molar-refractivity contribution in [1.29, 1.82) is 0 Å². The Morgan fingerprint density at radius 3 is 2.62 bits per heavy atom.